The molecule has 0 unspecified atom stereocenters. The summed E-state index contributed by atoms with van der Waals surface area (Å²) >= 11 is 3.47. The van der Waals surface area contributed by atoms with Crippen molar-refractivity contribution in [2.24, 2.45) is 5.16 Å². The molecule has 2 aliphatic rings. The number of benzene rings is 3. The van der Waals surface area contributed by atoms with E-state index < -0.39 is 5.60 Å². The lowest BCUT2D eigenvalue weighted by Crippen LogP contribution is -2.41. The van der Waals surface area contributed by atoms with Crippen LogP contribution in [0.4, 0.5) is 5.69 Å². The zero-order valence-corrected chi connectivity index (χ0v) is 17.1. The molecule has 0 radical (unpaired) electrons. The summed E-state index contributed by atoms with van der Waals surface area (Å²) in [6.45, 7) is 0. The molecule has 0 aliphatic carbocycles. The van der Waals surface area contributed by atoms with Crippen LogP contribution in [0, 0.1) is 0 Å². The van der Waals surface area contributed by atoms with Crippen LogP contribution in [-0.2, 0) is 15.2 Å². The van der Waals surface area contributed by atoms with Crippen molar-refractivity contribution in [2.45, 2.75) is 11.5 Å². The van der Waals surface area contributed by atoms with Crippen LogP contribution in [-0.4, -0.2) is 18.7 Å². The number of ether oxygens (including phenoxy) is 1. The minimum absolute atomic E-state index is 0.216. The van der Waals surface area contributed by atoms with E-state index in [9.17, 15) is 4.79 Å². The van der Waals surface area contributed by atoms with E-state index in [4.69, 9.17) is 9.57 Å². The second-order valence-electron chi connectivity index (χ2n) is 7.02. The molecule has 0 bridgehead atoms. The molecule has 5 nitrogen and oxygen atoms in total. The van der Waals surface area contributed by atoms with E-state index in [1.165, 1.54) is 0 Å². The number of halogens is 1. The Morgan fingerprint density at radius 1 is 1.07 bits per heavy atom. The van der Waals surface area contributed by atoms with Crippen molar-refractivity contribution < 1.29 is 14.4 Å². The summed E-state index contributed by atoms with van der Waals surface area (Å²) in [5, 5.41) is 7.40. The van der Waals surface area contributed by atoms with Crippen LogP contribution < -0.4 is 10.1 Å². The SMILES string of the molecule is COc1ccc(C2=NO[C@@]3(C(=O)Nc4cc(Br)ccc43)[C@@H]2c2ccccc2)cc1. The summed E-state index contributed by atoms with van der Waals surface area (Å²) in [5.74, 6) is 0.152. The van der Waals surface area contributed by atoms with Crippen LogP contribution in [0.2, 0.25) is 0 Å². The Hall–Kier alpha value is -3.12. The Bertz CT molecular complexity index is 1130. The first kappa shape index (κ1) is 17.9. The van der Waals surface area contributed by atoms with Gasteiger partial charge in [-0.15, -0.1) is 0 Å². The maximum absolute atomic E-state index is 13.3. The van der Waals surface area contributed by atoms with Gasteiger partial charge in [0.2, 0.25) is 0 Å². The zero-order valence-electron chi connectivity index (χ0n) is 15.6. The molecule has 0 saturated carbocycles. The molecule has 5 rings (SSSR count). The van der Waals surface area contributed by atoms with Gasteiger partial charge in [0.15, 0.2) is 0 Å². The van der Waals surface area contributed by atoms with Crippen LogP contribution >= 0.6 is 15.9 Å². The van der Waals surface area contributed by atoms with Gasteiger partial charge in [-0.2, -0.15) is 0 Å². The van der Waals surface area contributed by atoms with E-state index in [0.29, 0.717) is 5.71 Å². The highest BCUT2D eigenvalue weighted by atomic mass is 79.9. The summed E-state index contributed by atoms with van der Waals surface area (Å²) in [6, 6.07) is 23.2. The van der Waals surface area contributed by atoms with E-state index in [2.05, 4.69) is 26.4 Å². The number of rotatable bonds is 3. The molecule has 1 N–H and O–H groups in total. The van der Waals surface area contributed by atoms with Crippen LogP contribution in [0.15, 0.2) is 82.4 Å². The molecule has 6 heteroatoms. The van der Waals surface area contributed by atoms with Gasteiger partial charge in [0.05, 0.1) is 18.7 Å². The summed E-state index contributed by atoms with van der Waals surface area (Å²) in [4.78, 5) is 19.3. The molecule has 0 saturated heterocycles. The van der Waals surface area contributed by atoms with Crippen molar-refractivity contribution in [2.75, 3.05) is 12.4 Å². The molecule has 3 aromatic carbocycles. The second kappa shape index (κ2) is 6.74. The second-order valence-corrected chi connectivity index (χ2v) is 7.94. The number of hydrogen-bond donors (Lipinski definition) is 1. The smallest absolute Gasteiger partial charge is 0.277 e. The Morgan fingerprint density at radius 2 is 1.83 bits per heavy atom. The summed E-state index contributed by atoms with van der Waals surface area (Å²) in [7, 11) is 1.63. The number of anilines is 1. The normalized spacial score (nSPS) is 22.1. The number of nitrogens with one attached hydrogen (secondary N) is 1. The van der Waals surface area contributed by atoms with E-state index >= 15 is 0 Å². The number of hydrogen-bond acceptors (Lipinski definition) is 4. The molecular weight excluding hydrogens is 432 g/mol. The largest absolute Gasteiger partial charge is 0.497 e. The highest BCUT2D eigenvalue weighted by Crippen LogP contribution is 2.53. The zero-order chi connectivity index (χ0) is 20.0. The van der Waals surface area contributed by atoms with Crippen molar-refractivity contribution in [1.82, 2.24) is 0 Å². The number of carbonyl (C=O) groups is 1. The Labute approximate surface area is 176 Å². The predicted octanol–water partition coefficient (Wildman–Crippen LogP) is 4.82. The third-order valence-corrected chi connectivity index (χ3v) is 5.95. The number of nitrogens with zero attached hydrogens (tertiary/aromatic N) is 1. The molecule has 29 heavy (non-hydrogen) atoms. The third kappa shape index (κ3) is 2.67. The topological polar surface area (TPSA) is 59.9 Å². The monoisotopic (exact) mass is 448 g/mol. The average Bonchev–Trinajstić information content (AvgIpc) is 3.27. The van der Waals surface area contributed by atoms with E-state index in [-0.39, 0.29) is 11.8 Å². The molecule has 1 amide bonds. The summed E-state index contributed by atoms with van der Waals surface area (Å²) in [5.41, 5.74) is 2.83. The van der Waals surface area contributed by atoms with Gasteiger partial charge in [0, 0.05) is 21.3 Å². The Morgan fingerprint density at radius 3 is 2.55 bits per heavy atom. The quantitative estimate of drug-likeness (QED) is 0.624. The van der Waals surface area contributed by atoms with Gasteiger partial charge in [0.1, 0.15) is 5.75 Å². The average molecular weight is 449 g/mol. The van der Waals surface area contributed by atoms with Gasteiger partial charge >= 0.3 is 0 Å². The van der Waals surface area contributed by atoms with Gasteiger partial charge in [-0.1, -0.05) is 57.5 Å². The lowest BCUT2D eigenvalue weighted by atomic mass is 9.74. The standard InChI is InChI=1S/C23H17BrN2O3/c1-28-17-10-7-15(8-11-17)21-20(14-5-3-2-4-6-14)23(29-26-21)18-12-9-16(24)13-19(18)25-22(23)27/h2-13,20H,1H3,(H,25,27)/t20-,23-/m1/s1. The van der Waals surface area contributed by atoms with E-state index in [1.807, 2.05) is 72.8 Å². The minimum atomic E-state index is -1.24. The number of fused-ring (bicyclic) bond motifs is 2. The lowest BCUT2D eigenvalue weighted by molar-refractivity contribution is -0.139. The fraction of sp³-hybridized carbons (Fsp3) is 0.130. The fourth-order valence-corrected chi connectivity index (χ4v) is 4.46. The number of carbonyl (C=O) groups excluding carboxylic acids is 1. The van der Waals surface area contributed by atoms with Crippen molar-refractivity contribution in [1.29, 1.82) is 0 Å². The number of methoxy groups -OCH3 is 1. The van der Waals surface area contributed by atoms with Gasteiger partial charge in [-0.05, 0) is 42.0 Å². The van der Waals surface area contributed by atoms with Crippen LogP contribution in [0.5, 0.6) is 5.75 Å². The number of oxime groups is 1. The Balaban J connectivity index is 1.69. The summed E-state index contributed by atoms with van der Waals surface area (Å²) in [6.07, 6.45) is 0. The first-order chi connectivity index (χ1) is 14.1. The molecule has 2 heterocycles. The van der Waals surface area contributed by atoms with Crippen molar-refractivity contribution in [3.8, 4) is 5.75 Å². The van der Waals surface area contributed by atoms with Gasteiger partial charge in [0.25, 0.3) is 11.5 Å². The molecule has 1 spiro atoms. The lowest BCUT2D eigenvalue weighted by Gasteiger charge is -2.28. The van der Waals surface area contributed by atoms with E-state index in [1.54, 1.807) is 7.11 Å². The molecule has 2 atom stereocenters. The third-order valence-electron chi connectivity index (χ3n) is 5.45. The fourth-order valence-electron chi connectivity index (χ4n) is 4.10. The van der Waals surface area contributed by atoms with Crippen LogP contribution in [0.3, 0.4) is 0 Å². The maximum Gasteiger partial charge on any atom is 0.277 e. The molecule has 0 aromatic heterocycles. The highest BCUT2D eigenvalue weighted by molar-refractivity contribution is 9.10. The van der Waals surface area contributed by atoms with E-state index in [0.717, 1.165) is 32.6 Å². The first-order valence-electron chi connectivity index (χ1n) is 9.20. The molecule has 2 aliphatic heterocycles. The van der Waals surface area contributed by atoms with Crippen molar-refractivity contribution >= 4 is 33.2 Å². The number of amides is 1. The maximum atomic E-state index is 13.3. The molecule has 3 aromatic rings. The molecule has 144 valence electrons. The first-order valence-corrected chi connectivity index (χ1v) is 9.99. The molecule has 0 fully saturated rings. The highest BCUT2D eigenvalue weighted by Gasteiger charge is 2.61. The van der Waals surface area contributed by atoms with Gasteiger partial charge in [-0.25, -0.2) is 0 Å². The molecular formula is C23H17BrN2O3. The Kier molecular flexibility index (Phi) is 4.17. The predicted molar refractivity (Wildman–Crippen MR) is 114 cm³/mol. The van der Waals surface area contributed by atoms with Crippen molar-refractivity contribution in [3.63, 3.8) is 0 Å². The van der Waals surface area contributed by atoms with Crippen molar-refractivity contribution in [3.05, 3.63) is 94.0 Å². The van der Waals surface area contributed by atoms with Crippen LogP contribution in [0.25, 0.3) is 0 Å². The van der Waals surface area contributed by atoms with Gasteiger partial charge < -0.3 is 14.9 Å². The minimum Gasteiger partial charge on any atom is -0.497 e. The van der Waals surface area contributed by atoms with Gasteiger partial charge in [-0.3, -0.25) is 4.79 Å². The van der Waals surface area contributed by atoms with Crippen LogP contribution in [0.1, 0.15) is 22.6 Å². The summed E-state index contributed by atoms with van der Waals surface area (Å²) < 4.78 is 6.16.